The monoisotopic (exact) mass is 327 g/mol. The molecule has 2 aromatic rings. The van der Waals surface area contributed by atoms with Crippen LogP contribution in [0, 0.1) is 0 Å². The van der Waals surface area contributed by atoms with Crippen LogP contribution in [-0.4, -0.2) is 28.7 Å². The average Bonchev–Trinajstić information content (AvgIpc) is 2.56. The largest absolute Gasteiger partial charge is 0.504 e. The lowest BCUT2D eigenvalue weighted by Gasteiger charge is -2.08. The van der Waals surface area contributed by atoms with Gasteiger partial charge in [0, 0.05) is 11.6 Å². The maximum absolute atomic E-state index is 12.0. The van der Waals surface area contributed by atoms with E-state index in [2.05, 4.69) is 5.32 Å². The number of carboxylic acid groups (broad SMARTS) is 1. The highest BCUT2D eigenvalue weighted by atomic mass is 16.5. The second-order valence-electron chi connectivity index (χ2n) is 4.80. The Kier molecular flexibility index (Phi) is 5.57. The third-order valence-corrected chi connectivity index (χ3v) is 3.16. The number of phenols is 1. The molecular weight excluding hydrogens is 310 g/mol. The second kappa shape index (κ2) is 7.82. The number of carbonyl (C=O) groups excluding carboxylic acids is 1. The van der Waals surface area contributed by atoms with Gasteiger partial charge in [0.05, 0.1) is 17.9 Å². The number of amides is 1. The Hall–Kier alpha value is -3.28. The molecule has 0 aliphatic carbocycles. The molecule has 24 heavy (non-hydrogen) atoms. The number of hydrogen-bond acceptors (Lipinski definition) is 4. The van der Waals surface area contributed by atoms with Crippen LogP contribution in [-0.2, 0) is 4.79 Å². The molecule has 0 bridgehead atoms. The second-order valence-corrected chi connectivity index (χ2v) is 4.80. The lowest BCUT2D eigenvalue weighted by Crippen LogP contribution is -2.11. The van der Waals surface area contributed by atoms with Crippen LogP contribution in [0.4, 0.5) is 5.69 Å². The van der Waals surface area contributed by atoms with Crippen LogP contribution >= 0.6 is 0 Å². The number of para-hydroxylation sites is 2. The fourth-order valence-electron chi connectivity index (χ4n) is 2.06. The summed E-state index contributed by atoms with van der Waals surface area (Å²) in [5, 5.41) is 21.6. The van der Waals surface area contributed by atoms with Gasteiger partial charge in [0.25, 0.3) is 0 Å². The summed E-state index contributed by atoms with van der Waals surface area (Å²) in [5.74, 6) is -1.37. The van der Waals surface area contributed by atoms with Gasteiger partial charge < -0.3 is 20.3 Å². The number of rotatable bonds is 6. The molecule has 1 amide bonds. The van der Waals surface area contributed by atoms with Crippen molar-refractivity contribution in [1.29, 1.82) is 0 Å². The Morgan fingerprint density at radius 3 is 2.62 bits per heavy atom. The van der Waals surface area contributed by atoms with Gasteiger partial charge in [-0.3, -0.25) is 4.79 Å². The number of anilines is 1. The number of aromatic hydroxyl groups is 1. The third kappa shape index (κ3) is 4.13. The summed E-state index contributed by atoms with van der Waals surface area (Å²) in [7, 11) is 0. The van der Waals surface area contributed by atoms with E-state index in [1.54, 1.807) is 37.3 Å². The fraction of sp³-hybridized carbons (Fsp3) is 0.111. The minimum Gasteiger partial charge on any atom is -0.504 e. The van der Waals surface area contributed by atoms with Gasteiger partial charge in [-0.15, -0.1) is 0 Å². The molecule has 0 radical (unpaired) electrons. The van der Waals surface area contributed by atoms with Crippen LogP contribution in [0.2, 0.25) is 0 Å². The fourth-order valence-corrected chi connectivity index (χ4v) is 2.06. The summed E-state index contributed by atoms with van der Waals surface area (Å²) in [5.41, 5.74) is 0.620. The summed E-state index contributed by atoms with van der Waals surface area (Å²) in [4.78, 5) is 23.1. The van der Waals surface area contributed by atoms with Crippen molar-refractivity contribution in [3.63, 3.8) is 0 Å². The minimum atomic E-state index is -1.13. The van der Waals surface area contributed by atoms with E-state index in [9.17, 15) is 14.7 Å². The van der Waals surface area contributed by atoms with Gasteiger partial charge in [0.15, 0.2) is 11.5 Å². The van der Waals surface area contributed by atoms with Crippen molar-refractivity contribution in [3.8, 4) is 11.5 Å². The molecule has 2 rings (SSSR count). The predicted octanol–water partition coefficient (Wildman–Crippen LogP) is 3.14. The number of hydrogen-bond donors (Lipinski definition) is 3. The van der Waals surface area contributed by atoms with Gasteiger partial charge in [-0.25, -0.2) is 4.79 Å². The van der Waals surface area contributed by atoms with Crippen LogP contribution in [0.15, 0.2) is 48.5 Å². The molecular formula is C18H17NO5. The number of carbonyl (C=O) groups is 2. The highest BCUT2D eigenvalue weighted by molar-refractivity contribution is 6.06. The van der Waals surface area contributed by atoms with Gasteiger partial charge >= 0.3 is 5.97 Å². The third-order valence-electron chi connectivity index (χ3n) is 3.16. The number of benzene rings is 2. The predicted molar refractivity (Wildman–Crippen MR) is 90.3 cm³/mol. The zero-order chi connectivity index (χ0) is 17.5. The molecule has 2 aromatic carbocycles. The molecule has 0 spiro atoms. The van der Waals surface area contributed by atoms with Crippen LogP contribution in [0.25, 0.3) is 6.08 Å². The Labute approximate surface area is 139 Å². The summed E-state index contributed by atoms with van der Waals surface area (Å²) in [6.07, 6.45) is 2.64. The molecule has 0 atom stereocenters. The number of nitrogens with one attached hydrogen (secondary N) is 1. The molecule has 124 valence electrons. The molecule has 0 aliphatic heterocycles. The molecule has 0 aliphatic rings. The summed E-state index contributed by atoms with van der Waals surface area (Å²) >= 11 is 0. The molecule has 6 heteroatoms. The van der Waals surface area contributed by atoms with Crippen molar-refractivity contribution in [2.45, 2.75) is 6.92 Å². The number of carboxylic acids is 1. The Morgan fingerprint density at radius 1 is 1.17 bits per heavy atom. The number of ether oxygens (including phenoxy) is 1. The van der Waals surface area contributed by atoms with E-state index in [0.717, 1.165) is 0 Å². The van der Waals surface area contributed by atoms with Gasteiger partial charge in [0.2, 0.25) is 5.91 Å². The van der Waals surface area contributed by atoms with Crippen molar-refractivity contribution in [1.82, 2.24) is 0 Å². The first-order valence-electron chi connectivity index (χ1n) is 7.29. The summed E-state index contributed by atoms with van der Waals surface area (Å²) in [6.45, 7) is 2.21. The Balaban J connectivity index is 2.15. The number of aromatic carboxylic acids is 1. The topological polar surface area (TPSA) is 95.9 Å². The normalized spacial score (nSPS) is 10.5. The van der Waals surface area contributed by atoms with E-state index in [-0.39, 0.29) is 17.0 Å². The van der Waals surface area contributed by atoms with Gasteiger partial charge in [-0.1, -0.05) is 24.3 Å². The minimum absolute atomic E-state index is 0.000408. The van der Waals surface area contributed by atoms with Crippen molar-refractivity contribution >= 4 is 23.6 Å². The molecule has 0 fully saturated rings. The molecule has 6 nitrogen and oxygen atoms in total. The highest BCUT2D eigenvalue weighted by Gasteiger charge is 2.10. The Bertz CT molecular complexity index is 783. The smallest absolute Gasteiger partial charge is 0.337 e. The molecule has 0 saturated carbocycles. The van der Waals surface area contributed by atoms with Gasteiger partial charge in [-0.05, 0) is 31.2 Å². The molecule has 0 unspecified atom stereocenters. The van der Waals surface area contributed by atoms with Crippen molar-refractivity contribution < 1.29 is 24.5 Å². The zero-order valence-corrected chi connectivity index (χ0v) is 13.0. The highest BCUT2D eigenvalue weighted by Crippen LogP contribution is 2.30. The lowest BCUT2D eigenvalue weighted by molar-refractivity contribution is -0.111. The maximum atomic E-state index is 12.0. The SMILES string of the molecule is CCOc1cccc(C=CC(=O)Nc2ccccc2C(=O)O)c1O. The van der Waals surface area contributed by atoms with E-state index in [0.29, 0.717) is 17.9 Å². The molecule has 0 saturated heterocycles. The number of phenolic OH excluding ortho intramolecular Hbond substituents is 1. The van der Waals surface area contributed by atoms with Crippen molar-refractivity contribution in [2.24, 2.45) is 0 Å². The molecule has 0 aromatic heterocycles. The first kappa shape index (κ1) is 17.1. The summed E-state index contributed by atoms with van der Waals surface area (Å²) in [6, 6.07) is 11.1. The van der Waals surface area contributed by atoms with Gasteiger partial charge in [-0.2, -0.15) is 0 Å². The first-order valence-corrected chi connectivity index (χ1v) is 7.29. The van der Waals surface area contributed by atoms with Crippen molar-refractivity contribution in [2.75, 3.05) is 11.9 Å². The van der Waals surface area contributed by atoms with E-state index in [1.807, 2.05) is 0 Å². The van der Waals surface area contributed by atoms with E-state index < -0.39 is 11.9 Å². The maximum Gasteiger partial charge on any atom is 0.337 e. The van der Waals surface area contributed by atoms with E-state index >= 15 is 0 Å². The van der Waals surface area contributed by atoms with E-state index in [4.69, 9.17) is 9.84 Å². The first-order chi connectivity index (χ1) is 11.5. The van der Waals surface area contributed by atoms with Gasteiger partial charge in [0.1, 0.15) is 0 Å². The van der Waals surface area contributed by atoms with Crippen molar-refractivity contribution in [3.05, 3.63) is 59.7 Å². The molecule has 3 N–H and O–H groups in total. The van der Waals surface area contributed by atoms with Crippen LogP contribution < -0.4 is 10.1 Å². The quantitative estimate of drug-likeness (QED) is 0.708. The average molecular weight is 327 g/mol. The zero-order valence-electron chi connectivity index (χ0n) is 13.0. The van der Waals surface area contributed by atoms with Crippen LogP contribution in [0.3, 0.4) is 0 Å². The van der Waals surface area contributed by atoms with E-state index in [1.165, 1.54) is 24.3 Å². The molecule has 0 heterocycles. The summed E-state index contributed by atoms with van der Waals surface area (Å²) < 4.78 is 5.27. The lowest BCUT2D eigenvalue weighted by atomic mass is 10.1. The Morgan fingerprint density at radius 2 is 1.92 bits per heavy atom. The standard InChI is InChI=1S/C18H17NO5/c1-2-24-15-9-5-6-12(17(15)21)10-11-16(20)19-14-8-4-3-7-13(14)18(22)23/h3-11,21H,2H2,1H3,(H,19,20)(H,22,23). The van der Waals surface area contributed by atoms with Crippen LogP contribution in [0.5, 0.6) is 11.5 Å². The van der Waals surface area contributed by atoms with Crippen LogP contribution in [0.1, 0.15) is 22.8 Å².